The van der Waals surface area contributed by atoms with Gasteiger partial charge in [-0.15, -0.1) is 0 Å². The predicted octanol–water partition coefficient (Wildman–Crippen LogP) is 0.813. The molecule has 0 heterocycles. The summed E-state index contributed by atoms with van der Waals surface area (Å²) in [5.41, 5.74) is -0.618. The molecule has 1 aromatic carbocycles. The number of carbonyl (C=O) groups is 1. The molecule has 0 aromatic heterocycles. The molecule has 6 heteroatoms. The molecule has 5 nitrogen and oxygen atoms in total. The van der Waals surface area contributed by atoms with Crippen molar-refractivity contribution in [2.45, 2.75) is 30.3 Å². The number of hydrogen-bond donors (Lipinski definition) is 2. The van der Waals surface area contributed by atoms with Crippen LogP contribution in [0.3, 0.4) is 0 Å². The van der Waals surface area contributed by atoms with Gasteiger partial charge in [-0.05, 0) is 17.7 Å². The van der Waals surface area contributed by atoms with E-state index in [2.05, 4.69) is 0 Å². The van der Waals surface area contributed by atoms with Crippen molar-refractivity contribution in [2.24, 2.45) is 0 Å². The molecule has 0 aliphatic carbocycles. The molecular formula is C12H16O5S. The summed E-state index contributed by atoms with van der Waals surface area (Å²) in [5.74, 6) is -1.34. The Bertz CT molecular complexity index is 560. The van der Waals surface area contributed by atoms with Gasteiger partial charge in [-0.25, -0.2) is 13.2 Å². The van der Waals surface area contributed by atoms with Gasteiger partial charge in [0.1, 0.15) is 0 Å². The summed E-state index contributed by atoms with van der Waals surface area (Å²) >= 11 is 0. The highest BCUT2D eigenvalue weighted by molar-refractivity contribution is 7.90. The zero-order valence-corrected chi connectivity index (χ0v) is 11.2. The summed E-state index contributed by atoms with van der Waals surface area (Å²) < 4.78 is 22.9. The molecule has 0 amide bonds. The van der Waals surface area contributed by atoms with Gasteiger partial charge < -0.3 is 10.2 Å². The van der Waals surface area contributed by atoms with Gasteiger partial charge >= 0.3 is 5.97 Å². The number of benzene rings is 1. The third-order valence-electron chi connectivity index (χ3n) is 2.92. The van der Waals surface area contributed by atoms with Crippen molar-refractivity contribution in [1.82, 2.24) is 0 Å². The predicted molar refractivity (Wildman–Crippen MR) is 66.2 cm³/mol. The van der Waals surface area contributed by atoms with E-state index in [9.17, 15) is 18.3 Å². The highest BCUT2D eigenvalue weighted by Gasteiger charge is 2.35. The SMILES string of the molecule is CC(C)(c1cccc(S(C)(=O)=O)c1)C(O)C(=O)O. The van der Waals surface area contributed by atoms with E-state index in [1.54, 1.807) is 19.9 Å². The van der Waals surface area contributed by atoms with E-state index in [0.29, 0.717) is 5.56 Å². The number of carboxylic acid groups (broad SMARTS) is 1. The number of aliphatic carboxylic acids is 1. The molecule has 100 valence electrons. The van der Waals surface area contributed by atoms with Crippen LogP contribution in [0.1, 0.15) is 19.4 Å². The lowest BCUT2D eigenvalue weighted by atomic mass is 9.79. The van der Waals surface area contributed by atoms with Crippen molar-refractivity contribution in [3.8, 4) is 0 Å². The van der Waals surface area contributed by atoms with Crippen LogP contribution in [0.5, 0.6) is 0 Å². The Hall–Kier alpha value is -1.40. The minimum atomic E-state index is -3.36. The highest BCUT2D eigenvalue weighted by atomic mass is 32.2. The lowest BCUT2D eigenvalue weighted by molar-refractivity contribution is -0.150. The molecule has 0 saturated carbocycles. The van der Waals surface area contributed by atoms with Gasteiger partial charge in [-0.2, -0.15) is 0 Å². The first-order valence-corrected chi connectivity index (χ1v) is 7.17. The van der Waals surface area contributed by atoms with Crippen LogP contribution in [-0.2, 0) is 20.0 Å². The minimum Gasteiger partial charge on any atom is -0.479 e. The summed E-state index contributed by atoms with van der Waals surface area (Å²) in [6.45, 7) is 3.10. The second-order valence-corrected chi connectivity index (χ2v) is 6.78. The average Bonchev–Trinajstić information content (AvgIpc) is 2.27. The number of hydrogen-bond acceptors (Lipinski definition) is 4. The fourth-order valence-corrected chi connectivity index (χ4v) is 2.26. The molecule has 0 radical (unpaired) electrons. The molecule has 2 N–H and O–H groups in total. The molecule has 0 saturated heterocycles. The van der Waals surface area contributed by atoms with E-state index in [0.717, 1.165) is 6.26 Å². The largest absolute Gasteiger partial charge is 0.479 e. The van der Waals surface area contributed by atoms with Gasteiger partial charge in [0.25, 0.3) is 0 Å². The van der Waals surface area contributed by atoms with Gasteiger partial charge in [0.05, 0.1) is 4.90 Å². The van der Waals surface area contributed by atoms with Gasteiger partial charge in [0.15, 0.2) is 15.9 Å². The number of aliphatic hydroxyl groups excluding tert-OH is 1. The first-order chi connectivity index (χ1) is 8.06. The molecule has 1 atom stereocenters. The third kappa shape index (κ3) is 2.88. The van der Waals surface area contributed by atoms with Crippen molar-refractivity contribution in [3.63, 3.8) is 0 Å². The van der Waals surface area contributed by atoms with E-state index in [4.69, 9.17) is 5.11 Å². The Balaban J connectivity index is 3.30. The van der Waals surface area contributed by atoms with Crippen LogP contribution < -0.4 is 0 Å². The number of rotatable bonds is 4. The number of aliphatic hydroxyl groups is 1. The molecule has 1 aromatic rings. The van der Waals surface area contributed by atoms with Crippen molar-refractivity contribution >= 4 is 15.8 Å². The van der Waals surface area contributed by atoms with Gasteiger partial charge in [0.2, 0.25) is 0 Å². The molecular weight excluding hydrogens is 256 g/mol. The highest BCUT2D eigenvalue weighted by Crippen LogP contribution is 2.29. The molecule has 0 fully saturated rings. The maximum absolute atomic E-state index is 11.4. The topological polar surface area (TPSA) is 91.7 Å². The smallest absolute Gasteiger partial charge is 0.333 e. The quantitative estimate of drug-likeness (QED) is 0.846. The van der Waals surface area contributed by atoms with Crippen molar-refractivity contribution < 1.29 is 23.4 Å². The number of carboxylic acids is 1. The summed E-state index contributed by atoms with van der Waals surface area (Å²) in [6.07, 6.45) is -0.528. The first-order valence-electron chi connectivity index (χ1n) is 5.28. The molecule has 1 unspecified atom stereocenters. The molecule has 0 aliphatic rings. The van der Waals surface area contributed by atoms with Crippen molar-refractivity contribution in [2.75, 3.05) is 6.26 Å². The third-order valence-corrected chi connectivity index (χ3v) is 4.03. The van der Waals surface area contributed by atoms with E-state index < -0.39 is 27.3 Å². The van der Waals surface area contributed by atoms with Gasteiger partial charge in [-0.1, -0.05) is 26.0 Å². The zero-order valence-electron chi connectivity index (χ0n) is 10.4. The van der Waals surface area contributed by atoms with E-state index >= 15 is 0 Å². The van der Waals surface area contributed by atoms with Crippen LogP contribution in [0.4, 0.5) is 0 Å². The van der Waals surface area contributed by atoms with Crippen LogP contribution in [0.2, 0.25) is 0 Å². The van der Waals surface area contributed by atoms with Crippen LogP contribution in [0.25, 0.3) is 0 Å². The lowest BCUT2D eigenvalue weighted by Gasteiger charge is -2.28. The standard InChI is InChI=1S/C12H16O5S/c1-12(2,10(13)11(14)15)8-5-4-6-9(7-8)18(3,16)17/h4-7,10,13H,1-3H3,(H,14,15). The number of sulfone groups is 1. The van der Waals surface area contributed by atoms with Crippen LogP contribution in [0.15, 0.2) is 29.2 Å². The molecule has 0 aliphatic heterocycles. The monoisotopic (exact) mass is 272 g/mol. The molecule has 0 bridgehead atoms. The van der Waals surface area contributed by atoms with Crippen molar-refractivity contribution in [3.05, 3.63) is 29.8 Å². The molecule has 1 rings (SSSR count). The first kappa shape index (κ1) is 14.7. The summed E-state index contributed by atoms with van der Waals surface area (Å²) in [6, 6.07) is 5.95. The Morgan fingerprint density at radius 2 is 1.89 bits per heavy atom. The summed E-state index contributed by atoms with van der Waals surface area (Å²) in [7, 11) is -3.36. The fraction of sp³-hybridized carbons (Fsp3) is 0.417. The second kappa shape index (κ2) is 4.70. The normalized spacial score (nSPS) is 14.2. The fourth-order valence-electron chi connectivity index (χ4n) is 1.59. The Morgan fingerprint density at radius 1 is 1.33 bits per heavy atom. The van der Waals surface area contributed by atoms with E-state index in [1.807, 2.05) is 0 Å². The van der Waals surface area contributed by atoms with Crippen LogP contribution >= 0.6 is 0 Å². The second-order valence-electron chi connectivity index (χ2n) is 4.76. The van der Waals surface area contributed by atoms with Crippen molar-refractivity contribution in [1.29, 1.82) is 0 Å². The average molecular weight is 272 g/mol. The molecule has 18 heavy (non-hydrogen) atoms. The van der Waals surface area contributed by atoms with Gasteiger partial charge in [-0.3, -0.25) is 0 Å². The van der Waals surface area contributed by atoms with E-state index in [-0.39, 0.29) is 4.90 Å². The van der Waals surface area contributed by atoms with Gasteiger partial charge in [0, 0.05) is 11.7 Å². The molecule has 0 spiro atoms. The zero-order chi connectivity index (χ0) is 14.1. The Morgan fingerprint density at radius 3 is 2.33 bits per heavy atom. The Labute approximate surface area is 106 Å². The summed E-state index contributed by atoms with van der Waals surface area (Å²) in [4.78, 5) is 10.9. The summed E-state index contributed by atoms with van der Waals surface area (Å²) in [5, 5.41) is 18.5. The lowest BCUT2D eigenvalue weighted by Crippen LogP contribution is -2.39. The minimum absolute atomic E-state index is 0.102. The maximum Gasteiger partial charge on any atom is 0.333 e. The van der Waals surface area contributed by atoms with Crippen LogP contribution in [0, 0.1) is 0 Å². The Kier molecular flexibility index (Phi) is 3.83. The van der Waals surface area contributed by atoms with Crippen LogP contribution in [-0.4, -0.2) is 37.0 Å². The maximum atomic E-state index is 11.4. The van der Waals surface area contributed by atoms with E-state index in [1.165, 1.54) is 18.2 Å².